The molecule has 0 bridgehead atoms. The quantitative estimate of drug-likeness (QED) is 0.625. The number of hydrogen-bond acceptors (Lipinski definition) is 2. The Labute approximate surface area is 74.1 Å². The van der Waals surface area contributed by atoms with Crippen LogP contribution in [0.4, 0.5) is 0 Å². The van der Waals surface area contributed by atoms with E-state index in [1.165, 1.54) is 6.42 Å². The van der Waals surface area contributed by atoms with Crippen molar-refractivity contribution in [2.24, 2.45) is 0 Å². The summed E-state index contributed by atoms with van der Waals surface area (Å²) in [6, 6.07) is 0.544. The van der Waals surface area contributed by atoms with Crippen LogP contribution in [0.25, 0.3) is 0 Å². The van der Waals surface area contributed by atoms with E-state index in [1.807, 2.05) is 19.0 Å². The van der Waals surface area contributed by atoms with Crippen molar-refractivity contribution in [3.63, 3.8) is 0 Å². The van der Waals surface area contributed by atoms with Gasteiger partial charge in [0.1, 0.15) is 0 Å². The molecular weight excluding hydrogens is 152 g/mol. The highest BCUT2D eigenvalue weighted by molar-refractivity contribution is 5.75. The van der Waals surface area contributed by atoms with Crippen LogP contribution in [0.1, 0.15) is 25.7 Å². The average Bonchev–Trinajstić information content (AvgIpc) is 2.07. The minimum Gasteiger partial charge on any atom is -0.346 e. The summed E-state index contributed by atoms with van der Waals surface area (Å²) in [5, 5.41) is 3.24. The van der Waals surface area contributed by atoms with Crippen LogP contribution in [0.5, 0.6) is 0 Å². The molecule has 1 unspecified atom stereocenters. The molecule has 3 nitrogen and oxygen atoms in total. The fourth-order valence-electron chi connectivity index (χ4n) is 1.62. The van der Waals surface area contributed by atoms with Crippen LogP contribution in [0, 0.1) is 0 Å². The zero-order valence-corrected chi connectivity index (χ0v) is 7.97. The predicted molar refractivity (Wildman–Crippen MR) is 49.0 cm³/mol. The second-order valence-corrected chi connectivity index (χ2v) is 3.48. The van der Waals surface area contributed by atoms with Crippen LogP contribution in [-0.2, 0) is 4.79 Å². The smallest absolute Gasteiger partial charge is 0.222 e. The molecule has 1 heterocycles. The van der Waals surface area contributed by atoms with Gasteiger partial charge in [-0.05, 0) is 26.3 Å². The van der Waals surface area contributed by atoms with Crippen molar-refractivity contribution in [1.29, 1.82) is 0 Å². The number of rotatable bonds is 1. The predicted octanol–water partition coefficient (Wildman–Crippen LogP) is 0.607. The minimum absolute atomic E-state index is 0.287. The maximum atomic E-state index is 11.3. The molecule has 1 N–H and O–H groups in total. The number of nitrogens with one attached hydrogen (secondary N) is 1. The molecular formula is C9H18N2O. The van der Waals surface area contributed by atoms with Gasteiger partial charge in [0.25, 0.3) is 0 Å². The summed E-state index contributed by atoms with van der Waals surface area (Å²) in [6.07, 6.45) is 3.99. The SMILES string of the molecule is CNC1CCCN(C)C(=O)CC1. The number of hydrogen-bond donors (Lipinski definition) is 1. The van der Waals surface area contributed by atoms with Crippen molar-refractivity contribution in [2.75, 3.05) is 20.6 Å². The maximum absolute atomic E-state index is 11.3. The van der Waals surface area contributed by atoms with Crippen molar-refractivity contribution >= 4 is 5.91 Å². The lowest BCUT2D eigenvalue weighted by Gasteiger charge is -2.24. The molecule has 3 heteroatoms. The second-order valence-electron chi connectivity index (χ2n) is 3.48. The Morgan fingerprint density at radius 2 is 2.25 bits per heavy atom. The molecule has 0 saturated carbocycles. The van der Waals surface area contributed by atoms with E-state index in [9.17, 15) is 4.79 Å². The van der Waals surface area contributed by atoms with Crippen LogP contribution in [0.3, 0.4) is 0 Å². The lowest BCUT2D eigenvalue weighted by molar-refractivity contribution is -0.130. The van der Waals surface area contributed by atoms with E-state index in [0.717, 1.165) is 19.4 Å². The van der Waals surface area contributed by atoms with E-state index in [0.29, 0.717) is 12.5 Å². The fraction of sp³-hybridized carbons (Fsp3) is 0.889. The highest BCUT2D eigenvalue weighted by atomic mass is 16.2. The highest BCUT2D eigenvalue weighted by Gasteiger charge is 2.16. The van der Waals surface area contributed by atoms with E-state index in [4.69, 9.17) is 0 Å². The fourth-order valence-corrected chi connectivity index (χ4v) is 1.62. The van der Waals surface area contributed by atoms with E-state index in [-0.39, 0.29) is 5.91 Å². The topological polar surface area (TPSA) is 32.3 Å². The lowest BCUT2D eigenvalue weighted by atomic mass is 10.0. The van der Waals surface area contributed by atoms with E-state index >= 15 is 0 Å². The molecule has 0 spiro atoms. The molecule has 1 aliphatic rings. The molecule has 1 aliphatic heterocycles. The van der Waals surface area contributed by atoms with E-state index in [1.54, 1.807) is 0 Å². The Morgan fingerprint density at radius 1 is 1.50 bits per heavy atom. The summed E-state index contributed by atoms with van der Waals surface area (Å²) in [5.74, 6) is 0.287. The van der Waals surface area contributed by atoms with E-state index in [2.05, 4.69) is 5.32 Å². The van der Waals surface area contributed by atoms with E-state index < -0.39 is 0 Å². The van der Waals surface area contributed by atoms with Crippen molar-refractivity contribution in [3.05, 3.63) is 0 Å². The van der Waals surface area contributed by atoms with Crippen molar-refractivity contribution in [1.82, 2.24) is 10.2 Å². The first-order valence-electron chi connectivity index (χ1n) is 4.65. The summed E-state index contributed by atoms with van der Waals surface area (Å²) in [6.45, 7) is 0.914. The number of likely N-dealkylation sites (tertiary alicyclic amines) is 1. The molecule has 1 fully saturated rings. The first-order chi connectivity index (χ1) is 5.74. The Kier molecular flexibility index (Phi) is 3.53. The molecule has 1 rings (SSSR count). The number of carbonyl (C=O) groups excluding carboxylic acids is 1. The van der Waals surface area contributed by atoms with Gasteiger partial charge in [-0.3, -0.25) is 4.79 Å². The summed E-state index contributed by atoms with van der Waals surface area (Å²) in [5.41, 5.74) is 0. The van der Waals surface area contributed by atoms with Gasteiger partial charge in [-0.25, -0.2) is 0 Å². The highest BCUT2D eigenvalue weighted by Crippen LogP contribution is 2.10. The third kappa shape index (κ3) is 2.48. The Bertz CT molecular complexity index is 159. The molecule has 0 radical (unpaired) electrons. The maximum Gasteiger partial charge on any atom is 0.222 e. The number of nitrogens with zero attached hydrogens (tertiary/aromatic N) is 1. The minimum atomic E-state index is 0.287. The van der Waals surface area contributed by atoms with Gasteiger partial charge in [0, 0.05) is 26.1 Å². The summed E-state index contributed by atoms with van der Waals surface area (Å²) in [7, 11) is 3.86. The molecule has 70 valence electrons. The van der Waals surface area contributed by atoms with Crippen molar-refractivity contribution < 1.29 is 4.79 Å². The monoisotopic (exact) mass is 170 g/mol. The molecule has 12 heavy (non-hydrogen) atoms. The molecule has 0 aliphatic carbocycles. The van der Waals surface area contributed by atoms with Gasteiger partial charge >= 0.3 is 0 Å². The number of amides is 1. The molecule has 1 atom stereocenters. The van der Waals surface area contributed by atoms with Gasteiger partial charge in [-0.15, -0.1) is 0 Å². The Morgan fingerprint density at radius 3 is 2.92 bits per heavy atom. The van der Waals surface area contributed by atoms with Crippen LogP contribution < -0.4 is 5.32 Å². The van der Waals surface area contributed by atoms with Crippen LogP contribution >= 0.6 is 0 Å². The van der Waals surface area contributed by atoms with Gasteiger partial charge in [0.15, 0.2) is 0 Å². The van der Waals surface area contributed by atoms with Crippen LogP contribution in [-0.4, -0.2) is 37.5 Å². The lowest BCUT2D eigenvalue weighted by Crippen LogP contribution is -2.35. The van der Waals surface area contributed by atoms with Gasteiger partial charge < -0.3 is 10.2 Å². The first kappa shape index (κ1) is 9.52. The molecule has 1 saturated heterocycles. The van der Waals surface area contributed by atoms with Gasteiger partial charge in [-0.1, -0.05) is 0 Å². The Balaban J connectivity index is 2.40. The first-order valence-corrected chi connectivity index (χ1v) is 4.65. The zero-order chi connectivity index (χ0) is 8.97. The Hall–Kier alpha value is -0.570. The molecule has 0 aromatic heterocycles. The van der Waals surface area contributed by atoms with Gasteiger partial charge in [0.2, 0.25) is 5.91 Å². The van der Waals surface area contributed by atoms with Gasteiger partial charge in [0.05, 0.1) is 0 Å². The van der Waals surface area contributed by atoms with Crippen LogP contribution in [0.15, 0.2) is 0 Å². The second kappa shape index (κ2) is 4.45. The third-order valence-electron chi connectivity index (χ3n) is 2.59. The van der Waals surface area contributed by atoms with Crippen molar-refractivity contribution in [3.8, 4) is 0 Å². The summed E-state index contributed by atoms with van der Waals surface area (Å²) < 4.78 is 0. The van der Waals surface area contributed by atoms with Crippen LogP contribution in [0.2, 0.25) is 0 Å². The molecule has 0 aromatic rings. The van der Waals surface area contributed by atoms with Gasteiger partial charge in [-0.2, -0.15) is 0 Å². The standard InChI is InChI=1S/C9H18N2O/c1-10-8-4-3-7-11(2)9(12)6-5-8/h8,10H,3-7H2,1-2H3. The summed E-state index contributed by atoms with van der Waals surface area (Å²) in [4.78, 5) is 13.2. The number of carbonyl (C=O) groups is 1. The summed E-state index contributed by atoms with van der Waals surface area (Å²) >= 11 is 0. The molecule has 0 aromatic carbocycles. The normalized spacial score (nSPS) is 26.7. The molecule has 1 amide bonds. The van der Waals surface area contributed by atoms with Crippen molar-refractivity contribution in [2.45, 2.75) is 31.7 Å². The zero-order valence-electron chi connectivity index (χ0n) is 7.97. The average molecular weight is 170 g/mol. The third-order valence-corrected chi connectivity index (χ3v) is 2.59. The largest absolute Gasteiger partial charge is 0.346 e.